The van der Waals surface area contributed by atoms with Crippen LogP contribution in [0.2, 0.25) is 0 Å². The lowest BCUT2D eigenvalue weighted by Crippen LogP contribution is -2.25. The molecule has 0 radical (unpaired) electrons. The van der Waals surface area contributed by atoms with Gasteiger partial charge in [-0.1, -0.05) is 37.7 Å². The maximum atomic E-state index is 11.4. The summed E-state index contributed by atoms with van der Waals surface area (Å²) in [5, 5.41) is 10.3. The van der Waals surface area contributed by atoms with Crippen LogP contribution in [0.5, 0.6) is 5.75 Å². The zero-order valence-corrected chi connectivity index (χ0v) is 12.4. The fraction of sp³-hybridized carbons (Fsp3) is 0.429. The Balaban J connectivity index is 0.000000956. The highest BCUT2D eigenvalue weighted by Gasteiger charge is 2.31. The van der Waals surface area contributed by atoms with Crippen LogP contribution in [-0.4, -0.2) is 34.7 Å². The van der Waals surface area contributed by atoms with Crippen LogP contribution in [0.3, 0.4) is 0 Å². The molecule has 1 unspecified atom stereocenters. The van der Waals surface area contributed by atoms with E-state index in [9.17, 15) is 9.59 Å². The minimum atomic E-state index is -0.346. The third-order valence-electron chi connectivity index (χ3n) is 2.47. The number of amides is 2. The van der Waals surface area contributed by atoms with Gasteiger partial charge >= 0.3 is 0 Å². The molecule has 1 fully saturated rings. The first kappa shape index (κ1) is 16.5. The molecule has 2 N–H and O–H groups in total. The zero-order chi connectivity index (χ0) is 15.0. The SMILES string of the molecule is CC.O=C1NC(=O)C(Cc2ccc(OCCO)cc2)S1. The summed E-state index contributed by atoms with van der Waals surface area (Å²) in [4.78, 5) is 22.4. The lowest BCUT2D eigenvalue weighted by molar-refractivity contribution is -0.118. The van der Waals surface area contributed by atoms with Gasteiger partial charge in [0, 0.05) is 0 Å². The van der Waals surface area contributed by atoms with Crippen molar-refractivity contribution < 1.29 is 19.4 Å². The molecule has 1 aliphatic rings. The van der Waals surface area contributed by atoms with Crippen LogP contribution in [0, 0.1) is 0 Å². The molecule has 5 nitrogen and oxygen atoms in total. The number of ether oxygens (including phenoxy) is 1. The van der Waals surface area contributed by atoms with E-state index in [-0.39, 0.29) is 29.6 Å². The number of hydrogen-bond acceptors (Lipinski definition) is 5. The van der Waals surface area contributed by atoms with E-state index in [0.717, 1.165) is 17.3 Å². The average molecular weight is 297 g/mol. The van der Waals surface area contributed by atoms with Crippen LogP contribution in [0.4, 0.5) is 4.79 Å². The molecule has 2 rings (SSSR count). The number of carbonyl (C=O) groups excluding carboxylic acids is 2. The minimum absolute atomic E-state index is 0.0251. The second kappa shape index (κ2) is 8.60. The number of aliphatic hydroxyl groups excluding tert-OH is 1. The van der Waals surface area contributed by atoms with Crippen LogP contribution in [0.15, 0.2) is 24.3 Å². The Morgan fingerprint density at radius 2 is 1.90 bits per heavy atom. The molecule has 1 saturated heterocycles. The van der Waals surface area contributed by atoms with E-state index in [4.69, 9.17) is 9.84 Å². The number of carbonyl (C=O) groups is 2. The van der Waals surface area contributed by atoms with Crippen molar-refractivity contribution in [1.82, 2.24) is 5.32 Å². The molecule has 2 amide bonds. The maximum Gasteiger partial charge on any atom is 0.286 e. The monoisotopic (exact) mass is 297 g/mol. The molecule has 1 aliphatic heterocycles. The fourth-order valence-corrected chi connectivity index (χ4v) is 2.49. The van der Waals surface area contributed by atoms with Crippen LogP contribution >= 0.6 is 11.8 Å². The zero-order valence-electron chi connectivity index (χ0n) is 11.6. The molecule has 6 heteroatoms. The lowest BCUT2D eigenvalue weighted by Gasteiger charge is -2.07. The number of rotatable bonds is 5. The Kier molecular flexibility index (Phi) is 7.11. The van der Waals surface area contributed by atoms with Crippen molar-refractivity contribution in [2.45, 2.75) is 25.5 Å². The van der Waals surface area contributed by atoms with Crippen LogP contribution in [-0.2, 0) is 11.2 Å². The molecule has 20 heavy (non-hydrogen) atoms. The second-order valence-corrected chi connectivity index (χ2v) is 4.98. The van der Waals surface area contributed by atoms with E-state index in [1.54, 1.807) is 12.1 Å². The molecule has 1 atom stereocenters. The second-order valence-electron chi connectivity index (χ2n) is 3.80. The third kappa shape index (κ3) is 4.86. The van der Waals surface area contributed by atoms with Crippen molar-refractivity contribution >= 4 is 22.9 Å². The molecule has 0 saturated carbocycles. The van der Waals surface area contributed by atoms with E-state index >= 15 is 0 Å². The van der Waals surface area contributed by atoms with Gasteiger partial charge in [0.15, 0.2) is 0 Å². The van der Waals surface area contributed by atoms with Crippen LogP contribution < -0.4 is 10.1 Å². The summed E-state index contributed by atoms with van der Waals surface area (Å²) in [5.74, 6) is 0.443. The predicted molar refractivity (Wildman–Crippen MR) is 79.0 cm³/mol. The fourth-order valence-electron chi connectivity index (χ4n) is 1.63. The number of imide groups is 1. The Bertz CT molecular complexity index is 447. The minimum Gasteiger partial charge on any atom is -0.491 e. The first-order valence-electron chi connectivity index (χ1n) is 6.53. The topological polar surface area (TPSA) is 75.6 Å². The van der Waals surface area contributed by atoms with E-state index in [1.807, 2.05) is 26.0 Å². The number of aliphatic hydroxyl groups is 1. The maximum absolute atomic E-state index is 11.4. The summed E-state index contributed by atoms with van der Waals surface area (Å²) in [6.45, 7) is 4.23. The smallest absolute Gasteiger partial charge is 0.286 e. The van der Waals surface area contributed by atoms with Crippen molar-refractivity contribution in [3.8, 4) is 5.75 Å². The van der Waals surface area contributed by atoms with E-state index in [1.165, 1.54) is 0 Å². The summed E-state index contributed by atoms with van der Waals surface area (Å²) in [5.41, 5.74) is 0.966. The summed E-state index contributed by atoms with van der Waals surface area (Å²) < 4.78 is 5.23. The highest BCUT2D eigenvalue weighted by atomic mass is 32.2. The molecule has 1 aromatic rings. The molecule has 110 valence electrons. The first-order chi connectivity index (χ1) is 9.69. The van der Waals surface area contributed by atoms with Gasteiger partial charge in [0.25, 0.3) is 5.24 Å². The molecular weight excluding hydrogens is 278 g/mol. The Hall–Kier alpha value is -1.53. The van der Waals surface area contributed by atoms with Gasteiger partial charge in [-0.3, -0.25) is 14.9 Å². The van der Waals surface area contributed by atoms with E-state index in [0.29, 0.717) is 12.2 Å². The van der Waals surface area contributed by atoms with Crippen molar-refractivity contribution in [3.63, 3.8) is 0 Å². The van der Waals surface area contributed by atoms with Gasteiger partial charge in [0.1, 0.15) is 12.4 Å². The summed E-state index contributed by atoms with van der Waals surface area (Å²) >= 11 is 1.02. The highest BCUT2D eigenvalue weighted by Crippen LogP contribution is 2.23. The molecular formula is C14H19NO4S. The lowest BCUT2D eigenvalue weighted by atomic mass is 10.1. The molecule has 1 aromatic carbocycles. The Labute approximate surface area is 122 Å². The average Bonchev–Trinajstić information content (AvgIpc) is 2.78. The highest BCUT2D eigenvalue weighted by molar-refractivity contribution is 8.15. The quantitative estimate of drug-likeness (QED) is 0.869. The summed E-state index contributed by atoms with van der Waals surface area (Å²) in [6.07, 6.45) is 0.516. The van der Waals surface area contributed by atoms with Gasteiger partial charge in [-0.25, -0.2) is 0 Å². The first-order valence-corrected chi connectivity index (χ1v) is 7.41. The van der Waals surface area contributed by atoms with Crippen molar-refractivity contribution in [2.24, 2.45) is 0 Å². The van der Waals surface area contributed by atoms with Gasteiger partial charge < -0.3 is 9.84 Å². The molecule has 1 heterocycles. The van der Waals surface area contributed by atoms with E-state index < -0.39 is 0 Å². The van der Waals surface area contributed by atoms with Crippen molar-refractivity contribution in [3.05, 3.63) is 29.8 Å². The van der Waals surface area contributed by atoms with Gasteiger partial charge in [-0.05, 0) is 24.1 Å². The van der Waals surface area contributed by atoms with Gasteiger partial charge in [-0.2, -0.15) is 0 Å². The number of nitrogens with one attached hydrogen (secondary N) is 1. The molecule has 0 aliphatic carbocycles. The van der Waals surface area contributed by atoms with E-state index in [2.05, 4.69) is 5.32 Å². The number of benzene rings is 1. The van der Waals surface area contributed by atoms with Gasteiger partial charge in [-0.15, -0.1) is 0 Å². The van der Waals surface area contributed by atoms with Gasteiger partial charge in [0.05, 0.1) is 11.9 Å². The van der Waals surface area contributed by atoms with Crippen LogP contribution in [0.25, 0.3) is 0 Å². The van der Waals surface area contributed by atoms with Gasteiger partial charge in [0.2, 0.25) is 5.91 Å². The molecule has 0 spiro atoms. The van der Waals surface area contributed by atoms with Crippen molar-refractivity contribution in [2.75, 3.05) is 13.2 Å². The number of hydrogen-bond donors (Lipinski definition) is 2. The standard InChI is InChI=1S/C12H13NO4S.C2H6/c14-5-6-17-9-3-1-8(2-4-9)7-10-11(15)13-12(16)18-10;1-2/h1-4,10,14H,5-7H2,(H,13,15,16);1-2H3. The number of thioether (sulfide) groups is 1. The predicted octanol–water partition coefficient (Wildman–Crippen LogP) is 1.98. The largest absolute Gasteiger partial charge is 0.491 e. The Morgan fingerprint density at radius 3 is 2.40 bits per heavy atom. The third-order valence-corrected chi connectivity index (χ3v) is 3.45. The summed E-state index contributed by atoms with van der Waals surface area (Å²) in [7, 11) is 0. The molecule has 0 bridgehead atoms. The van der Waals surface area contributed by atoms with Crippen LogP contribution in [0.1, 0.15) is 19.4 Å². The Morgan fingerprint density at radius 1 is 1.25 bits per heavy atom. The normalized spacial score (nSPS) is 17.2. The van der Waals surface area contributed by atoms with Crippen molar-refractivity contribution in [1.29, 1.82) is 0 Å². The summed E-state index contributed by atoms with van der Waals surface area (Å²) in [6, 6.07) is 7.27. The molecule has 0 aromatic heterocycles.